The van der Waals surface area contributed by atoms with Crippen LogP contribution in [0.4, 0.5) is 8.78 Å². The molecule has 1 unspecified atom stereocenters. The number of nitrogens with one attached hydrogen (secondary N) is 1. The fourth-order valence-corrected chi connectivity index (χ4v) is 2.96. The number of hydrogen-bond acceptors (Lipinski definition) is 2. The summed E-state index contributed by atoms with van der Waals surface area (Å²) in [4.78, 5) is 1.16. The molecule has 0 heterocycles. The van der Waals surface area contributed by atoms with Gasteiger partial charge in [0.15, 0.2) is 11.6 Å². The Bertz CT molecular complexity index is 545. The topological polar surface area (TPSA) is 12.0 Å². The first-order valence-corrected chi connectivity index (χ1v) is 7.55. The van der Waals surface area contributed by atoms with E-state index in [1.807, 2.05) is 37.3 Å². The van der Waals surface area contributed by atoms with Crippen LogP contribution in [0.15, 0.2) is 53.4 Å². The fourth-order valence-electron chi connectivity index (χ4n) is 1.94. The number of thioether (sulfide) groups is 1. The summed E-state index contributed by atoms with van der Waals surface area (Å²) in [6.45, 7) is 2.78. The Hall–Kier alpha value is -1.39. The lowest BCUT2D eigenvalue weighted by molar-refractivity contribution is 0.502. The van der Waals surface area contributed by atoms with Crippen molar-refractivity contribution in [1.82, 2.24) is 5.32 Å². The van der Waals surface area contributed by atoms with Gasteiger partial charge in [-0.15, -0.1) is 11.8 Å². The van der Waals surface area contributed by atoms with Crippen molar-refractivity contribution in [2.24, 2.45) is 0 Å². The van der Waals surface area contributed by atoms with Crippen LogP contribution in [0.25, 0.3) is 0 Å². The highest BCUT2D eigenvalue weighted by Gasteiger charge is 2.13. The number of hydrogen-bond donors (Lipinski definition) is 1. The lowest BCUT2D eigenvalue weighted by atomic mass is 10.1. The van der Waals surface area contributed by atoms with Gasteiger partial charge >= 0.3 is 0 Å². The first-order valence-electron chi connectivity index (χ1n) is 6.57. The molecule has 1 atom stereocenters. The molecule has 0 fully saturated rings. The molecule has 0 radical (unpaired) electrons. The van der Waals surface area contributed by atoms with E-state index in [1.54, 1.807) is 17.8 Å². The van der Waals surface area contributed by atoms with Gasteiger partial charge in [0.05, 0.1) is 0 Å². The third-order valence-corrected chi connectivity index (χ3v) is 4.06. The summed E-state index contributed by atoms with van der Waals surface area (Å²) in [5, 5.41) is 3.31. The van der Waals surface area contributed by atoms with Crippen LogP contribution < -0.4 is 5.32 Å². The van der Waals surface area contributed by atoms with Crippen LogP contribution in [0.2, 0.25) is 0 Å². The van der Waals surface area contributed by atoms with Gasteiger partial charge < -0.3 is 5.32 Å². The molecule has 1 N–H and O–H groups in total. The molecule has 0 aromatic heterocycles. The molecule has 0 spiro atoms. The van der Waals surface area contributed by atoms with E-state index in [4.69, 9.17) is 0 Å². The SMILES string of the molecule is CCNC(CSc1ccccc1)c1ccc(F)c(F)c1. The Balaban J connectivity index is 2.08. The van der Waals surface area contributed by atoms with Crippen molar-refractivity contribution in [3.05, 3.63) is 65.7 Å². The molecule has 0 bridgehead atoms. The third kappa shape index (κ3) is 4.05. The number of rotatable bonds is 6. The van der Waals surface area contributed by atoms with Crippen LogP contribution in [0.5, 0.6) is 0 Å². The molecule has 0 saturated heterocycles. The lowest BCUT2D eigenvalue weighted by Gasteiger charge is -2.18. The Morgan fingerprint density at radius 2 is 1.80 bits per heavy atom. The maximum absolute atomic E-state index is 13.3. The Morgan fingerprint density at radius 3 is 2.45 bits per heavy atom. The van der Waals surface area contributed by atoms with Gasteiger partial charge in [0.25, 0.3) is 0 Å². The Labute approximate surface area is 122 Å². The highest BCUT2D eigenvalue weighted by Crippen LogP contribution is 2.25. The van der Waals surface area contributed by atoms with E-state index < -0.39 is 11.6 Å². The molecule has 0 aliphatic heterocycles. The van der Waals surface area contributed by atoms with Gasteiger partial charge in [-0.25, -0.2) is 8.78 Å². The largest absolute Gasteiger partial charge is 0.309 e. The summed E-state index contributed by atoms with van der Waals surface area (Å²) in [6, 6.07) is 14.1. The Kier molecular flexibility index (Phi) is 5.56. The zero-order valence-electron chi connectivity index (χ0n) is 11.3. The van der Waals surface area contributed by atoms with E-state index in [9.17, 15) is 8.78 Å². The molecule has 2 aromatic carbocycles. The first kappa shape index (κ1) is 15.0. The average Bonchev–Trinajstić information content (AvgIpc) is 2.47. The summed E-state index contributed by atoms with van der Waals surface area (Å²) in [5.41, 5.74) is 0.772. The molecule has 20 heavy (non-hydrogen) atoms. The van der Waals surface area contributed by atoms with E-state index in [2.05, 4.69) is 5.32 Å². The highest BCUT2D eigenvalue weighted by atomic mass is 32.2. The van der Waals surface area contributed by atoms with Gasteiger partial charge in [-0.3, -0.25) is 0 Å². The molecule has 0 amide bonds. The molecule has 0 aliphatic carbocycles. The maximum atomic E-state index is 13.3. The van der Waals surface area contributed by atoms with Crippen molar-refractivity contribution in [2.75, 3.05) is 12.3 Å². The zero-order chi connectivity index (χ0) is 14.4. The van der Waals surface area contributed by atoms with Crippen molar-refractivity contribution in [2.45, 2.75) is 17.9 Å². The van der Waals surface area contributed by atoms with Gasteiger partial charge in [0, 0.05) is 16.7 Å². The van der Waals surface area contributed by atoms with Gasteiger partial charge in [-0.2, -0.15) is 0 Å². The van der Waals surface area contributed by atoms with Gasteiger partial charge in [0.2, 0.25) is 0 Å². The summed E-state index contributed by atoms with van der Waals surface area (Å²) >= 11 is 1.69. The molecule has 1 nitrogen and oxygen atoms in total. The van der Waals surface area contributed by atoms with Crippen LogP contribution in [-0.2, 0) is 0 Å². The van der Waals surface area contributed by atoms with Crippen molar-refractivity contribution < 1.29 is 8.78 Å². The average molecular weight is 293 g/mol. The van der Waals surface area contributed by atoms with E-state index in [0.717, 1.165) is 22.8 Å². The monoisotopic (exact) mass is 293 g/mol. The second-order valence-electron chi connectivity index (χ2n) is 4.41. The predicted octanol–water partition coefficient (Wildman–Crippen LogP) is 4.41. The van der Waals surface area contributed by atoms with Crippen LogP contribution in [0.1, 0.15) is 18.5 Å². The molecule has 106 valence electrons. The summed E-state index contributed by atoms with van der Waals surface area (Å²) in [5.74, 6) is -0.835. The minimum Gasteiger partial charge on any atom is -0.309 e. The predicted molar refractivity (Wildman–Crippen MR) is 79.9 cm³/mol. The summed E-state index contributed by atoms with van der Waals surface area (Å²) < 4.78 is 26.3. The first-order chi connectivity index (χ1) is 9.70. The standard InChI is InChI=1S/C16H17F2NS/c1-2-19-16(11-20-13-6-4-3-5-7-13)12-8-9-14(17)15(18)10-12/h3-10,16,19H,2,11H2,1H3. The molecule has 4 heteroatoms. The Morgan fingerprint density at radius 1 is 1.05 bits per heavy atom. The van der Waals surface area contributed by atoms with E-state index >= 15 is 0 Å². The van der Waals surface area contributed by atoms with E-state index in [1.165, 1.54) is 12.1 Å². The highest BCUT2D eigenvalue weighted by molar-refractivity contribution is 7.99. The fraction of sp³-hybridized carbons (Fsp3) is 0.250. The van der Waals surface area contributed by atoms with Crippen LogP contribution in [-0.4, -0.2) is 12.3 Å². The number of benzene rings is 2. The third-order valence-electron chi connectivity index (χ3n) is 2.96. The lowest BCUT2D eigenvalue weighted by Crippen LogP contribution is -2.23. The van der Waals surface area contributed by atoms with Crippen LogP contribution >= 0.6 is 11.8 Å². The minimum atomic E-state index is -0.806. The van der Waals surface area contributed by atoms with E-state index in [-0.39, 0.29) is 6.04 Å². The van der Waals surface area contributed by atoms with Crippen molar-refractivity contribution in [1.29, 1.82) is 0 Å². The van der Waals surface area contributed by atoms with Gasteiger partial charge in [0.1, 0.15) is 0 Å². The van der Waals surface area contributed by atoms with Crippen molar-refractivity contribution in [3.8, 4) is 0 Å². The van der Waals surface area contributed by atoms with Gasteiger partial charge in [-0.05, 0) is 36.4 Å². The summed E-state index contributed by atoms with van der Waals surface area (Å²) in [7, 11) is 0. The zero-order valence-corrected chi connectivity index (χ0v) is 12.1. The van der Waals surface area contributed by atoms with Gasteiger partial charge in [-0.1, -0.05) is 31.2 Å². The molecule has 0 aliphatic rings. The van der Waals surface area contributed by atoms with Crippen molar-refractivity contribution in [3.63, 3.8) is 0 Å². The molecular formula is C16H17F2NS. The second kappa shape index (κ2) is 7.41. The van der Waals surface area contributed by atoms with Crippen LogP contribution in [0, 0.1) is 11.6 Å². The minimum absolute atomic E-state index is 0.000283. The maximum Gasteiger partial charge on any atom is 0.159 e. The normalized spacial score (nSPS) is 12.3. The van der Waals surface area contributed by atoms with E-state index in [0.29, 0.717) is 0 Å². The smallest absolute Gasteiger partial charge is 0.159 e. The summed E-state index contributed by atoms with van der Waals surface area (Å²) in [6.07, 6.45) is 0. The molecular weight excluding hydrogens is 276 g/mol. The second-order valence-corrected chi connectivity index (χ2v) is 5.50. The quantitative estimate of drug-likeness (QED) is 0.792. The molecule has 2 rings (SSSR count). The molecule has 2 aromatic rings. The number of halogens is 2. The van der Waals surface area contributed by atoms with Crippen LogP contribution in [0.3, 0.4) is 0 Å². The van der Waals surface area contributed by atoms with Crippen molar-refractivity contribution >= 4 is 11.8 Å². The molecule has 0 saturated carbocycles.